The van der Waals surface area contributed by atoms with Crippen LogP contribution < -0.4 is 10.1 Å². The van der Waals surface area contributed by atoms with E-state index in [1.165, 1.54) is 4.58 Å². The van der Waals surface area contributed by atoms with Gasteiger partial charge in [-0.2, -0.15) is 0 Å². The Morgan fingerprint density at radius 1 is 1.37 bits per heavy atom. The van der Waals surface area contributed by atoms with Gasteiger partial charge in [-0.3, -0.25) is 4.79 Å². The third-order valence-electron chi connectivity index (χ3n) is 5.22. The second-order valence-electron chi connectivity index (χ2n) is 7.32. The molecule has 2 unspecified atom stereocenters. The van der Waals surface area contributed by atoms with Crippen molar-refractivity contribution in [2.75, 3.05) is 26.8 Å². The molecule has 0 bridgehead atoms. The number of benzene rings is 1. The number of nitrogens with one attached hydrogen (secondary N) is 1. The molecule has 0 radical (unpaired) electrons. The number of hydrogen-bond donors (Lipinski definition) is 1. The Kier molecular flexibility index (Phi) is 6.09. The smallest absolute Gasteiger partial charge is 0.455 e. The van der Waals surface area contributed by atoms with Crippen LogP contribution in [0.1, 0.15) is 18.4 Å². The number of amides is 2. The Morgan fingerprint density at radius 2 is 2.27 bits per heavy atom. The molecule has 1 fully saturated rings. The van der Waals surface area contributed by atoms with E-state index in [2.05, 4.69) is 5.32 Å². The zero-order valence-corrected chi connectivity index (χ0v) is 16.9. The molecule has 7 heteroatoms. The second kappa shape index (κ2) is 9.09. The number of ether oxygens (including phenoxy) is 3. The molecule has 156 valence electrons. The Bertz CT molecular complexity index is 954. The van der Waals surface area contributed by atoms with Crippen LogP contribution in [0.2, 0.25) is 0 Å². The molecule has 0 aromatic heterocycles. The molecule has 1 N–H and O–H groups in total. The molecule has 4 rings (SSSR count). The first-order valence-corrected chi connectivity index (χ1v) is 10.1. The van der Waals surface area contributed by atoms with Gasteiger partial charge in [-0.15, -0.1) is 4.58 Å². The molecule has 2 aliphatic heterocycles. The highest BCUT2D eigenvalue weighted by molar-refractivity contribution is 6.06. The summed E-state index contributed by atoms with van der Waals surface area (Å²) in [6.45, 7) is 1.12. The average Bonchev–Trinajstić information content (AvgIpc) is 3.29. The van der Waals surface area contributed by atoms with Gasteiger partial charge < -0.3 is 19.5 Å². The molecule has 7 nitrogen and oxygen atoms in total. The Hall–Kier alpha value is -3.19. The van der Waals surface area contributed by atoms with Gasteiger partial charge in [0, 0.05) is 19.2 Å². The maximum atomic E-state index is 13.2. The summed E-state index contributed by atoms with van der Waals surface area (Å²) in [7, 11) is 1.59. The lowest BCUT2D eigenvalue weighted by molar-refractivity contribution is -0.443. The number of allylic oxidation sites excluding steroid dienone is 2. The van der Waals surface area contributed by atoms with E-state index in [1.54, 1.807) is 19.3 Å². The molecule has 0 saturated carbocycles. The number of fused-ring (bicyclic) bond motifs is 1. The molecule has 30 heavy (non-hydrogen) atoms. The summed E-state index contributed by atoms with van der Waals surface area (Å²) < 4.78 is 18.2. The van der Waals surface area contributed by atoms with Crippen LogP contribution in [0.25, 0.3) is 6.08 Å². The Balaban J connectivity index is 1.55. The molecule has 1 aliphatic carbocycles. The van der Waals surface area contributed by atoms with Crippen LogP contribution in [0.5, 0.6) is 5.75 Å². The number of nitrogens with zero attached hydrogens (tertiary/aromatic N) is 1. The monoisotopic (exact) mass is 409 g/mol. The van der Waals surface area contributed by atoms with E-state index in [-0.39, 0.29) is 30.2 Å². The number of hydrogen-bond acceptors (Lipinski definition) is 5. The summed E-state index contributed by atoms with van der Waals surface area (Å²) in [5.74, 6) is 0.293. The van der Waals surface area contributed by atoms with Gasteiger partial charge in [0.25, 0.3) is 5.91 Å². The van der Waals surface area contributed by atoms with Crippen molar-refractivity contribution >= 4 is 23.6 Å². The predicted octanol–water partition coefficient (Wildman–Crippen LogP) is 1.84. The maximum absolute atomic E-state index is 13.2. The zero-order chi connectivity index (χ0) is 20.9. The summed E-state index contributed by atoms with van der Waals surface area (Å²) >= 11 is 0. The Labute approximate surface area is 175 Å². The van der Waals surface area contributed by atoms with E-state index < -0.39 is 6.10 Å². The van der Waals surface area contributed by atoms with Crippen molar-refractivity contribution in [1.29, 1.82) is 0 Å². The average molecular weight is 409 g/mol. The van der Waals surface area contributed by atoms with Gasteiger partial charge in [-0.25, -0.2) is 4.79 Å². The van der Waals surface area contributed by atoms with Gasteiger partial charge in [-0.1, -0.05) is 24.3 Å². The van der Waals surface area contributed by atoms with Gasteiger partial charge in [-0.05, 0) is 42.7 Å². The molecule has 3 aliphatic rings. The first kappa shape index (κ1) is 20.1. The van der Waals surface area contributed by atoms with E-state index >= 15 is 0 Å². The van der Waals surface area contributed by atoms with Gasteiger partial charge >= 0.3 is 5.91 Å². The first-order chi connectivity index (χ1) is 14.6. The van der Waals surface area contributed by atoms with E-state index in [9.17, 15) is 9.59 Å². The summed E-state index contributed by atoms with van der Waals surface area (Å²) in [4.78, 5) is 25.7. The van der Waals surface area contributed by atoms with Gasteiger partial charge in [0.05, 0.1) is 13.2 Å². The zero-order valence-electron chi connectivity index (χ0n) is 16.9. The number of carbonyl (C=O) groups is 2. The fourth-order valence-corrected chi connectivity index (χ4v) is 3.67. The van der Waals surface area contributed by atoms with Crippen molar-refractivity contribution < 1.29 is 28.4 Å². The van der Waals surface area contributed by atoms with Crippen LogP contribution in [-0.2, 0) is 19.1 Å². The number of rotatable bonds is 6. The van der Waals surface area contributed by atoms with Crippen LogP contribution in [-0.4, -0.2) is 61.1 Å². The van der Waals surface area contributed by atoms with E-state index in [4.69, 9.17) is 14.2 Å². The molecular formula is C23H25N2O5+. The molecule has 0 spiro atoms. The fraction of sp³-hybridized carbons (Fsp3) is 0.348. The highest BCUT2D eigenvalue weighted by atomic mass is 16.5. The van der Waals surface area contributed by atoms with Crippen LogP contribution >= 0.6 is 0 Å². The lowest BCUT2D eigenvalue weighted by atomic mass is 10.1. The standard InChI is InChI=1S/C23H24N2O5/c1-28-17-7-4-6-16(12-17)13-21-23(27)25(19-9-2-3-10-20(19)30-21)15-22(26)24-14-18-8-5-11-29-18/h2-4,6-7,9-10,12-13,18,20H,5,8,11,14-15H2,1H3/p+1/b21-13+. The normalized spacial score (nSPS) is 24.0. The lowest BCUT2D eigenvalue weighted by Gasteiger charge is -2.22. The third kappa shape index (κ3) is 4.52. The summed E-state index contributed by atoms with van der Waals surface area (Å²) in [5.41, 5.74) is 1.43. The van der Waals surface area contributed by atoms with Gasteiger partial charge in [0.2, 0.25) is 24.1 Å². The largest absolute Gasteiger partial charge is 0.497 e. The van der Waals surface area contributed by atoms with Crippen molar-refractivity contribution in [3.05, 3.63) is 59.9 Å². The summed E-state index contributed by atoms with van der Waals surface area (Å²) in [6.07, 6.45) is 10.6. The molecule has 1 aromatic rings. The number of carbonyl (C=O) groups excluding carboxylic acids is 2. The minimum absolute atomic E-state index is 0.0516. The summed E-state index contributed by atoms with van der Waals surface area (Å²) in [5, 5.41) is 2.88. The van der Waals surface area contributed by atoms with Crippen LogP contribution in [0.4, 0.5) is 0 Å². The highest BCUT2D eigenvalue weighted by Gasteiger charge is 2.40. The fourth-order valence-electron chi connectivity index (χ4n) is 3.67. The van der Waals surface area contributed by atoms with E-state index in [0.29, 0.717) is 18.0 Å². The van der Waals surface area contributed by atoms with Crippen LogP contribution in [0.3, 0.4) is 0 Å². The summed E-state index contributed by atoms with van der Waals surface area (Å²) in [6, 6.07) is 7.35. The van der Waals surface area contributed by atoms with Gasteiger partial charge in [0.1, 0.15) is 5.75 Å². The first-order valence-electron chi connectivity index (χ1n) is 10.1. The van der Waals surface area contributed by atoms with E-state index in [0.717, 1.165) is 25.0 Å². The maximum Gasteiger partial charge on any atom is 0.455 e. The van der Waals surface area contributed by atoms with Crippen LogP contribution in [0.15, 0.2) is 54.3 Å². The van der Waals surface area contributed by atoms with Crippen LogP contribution in [0, 0.1) is 0 Å². The van der Waals surface area contributed by atoms with Crippen molar-refractivity contribution in [2.45, 2.75) is 25.0 Å². The quantitative estimate of drug-likeness (QED) is 0.573. The van der Waals surface area contributed by atoms with Crippen molar-refractivity contribution in [2.24, 2.45) is 0 Å². The van der Waals surface area contributed by atoms with Crippen molar-refractivity contribution in [3.8, 4) is 5.75 Å². The minimum atomic E-state index is -0.421. The predicted molar refractivity (Wildman–Crippen MR) is 111 cm³/mol. The third-order valence-corrected chi connectivity index (χ3v) is 5.22. The minimum Gasteiger partial charge on any atom is -0.497 e. The molecule has 1 saturated heterocycles. The topological polar surface area (TPSA) is 76.9 Å². The SMILES string of the molecule is COc1cccc(/C=C2/OC3C=CC=CC3=[N+](CC(=O)NCC3CCCO3)C2=O)c1. The number of methoxy groups -OCH3 is 1. The second-order valence-corrected chi connectivity index (χ2v) is 7.32. The molecule has 1 aromatic carbocycles. The molecule has 2 atom stereocenters. The van der Waals surface area contributed by atoms with Crippen molar-refractivity contribution in [1.82, 2.24) is 5.32 Å². The Morgan fingerprint density at radius 3 is 3.07 bits per heavy atom. The molecule has 2 amide bonds. The molecular weight excluding hydrogens is 384 g/mol. The lowest BCUT2D eigenvalue weighted by Crippen LogP contribution is -2.47. The molecule has 2 heterocycles. The van der Waals surface area contributed by atoms with Gasteiger partial charge in [0.15, 0.2) is 0 Å². The van der Waals surface area contributed by atoms with E-state index in [1.807, 2.05) is 42.5 Å². The highest BCUT2D eigenvalue weighted by Crippen LogP contribution is 2.22. The van der Waals surface area contributed by atoms with Crippen molar-refractivity contribution in [3.63, 3.8) is 0 Å².